The second kappa shape index (κ2) is 5.95. The predicted molar refractivity (Wildman–Crippen MR) is 99.3 cm³/mol. The fourth-order valence-corrected chi connectivity index (χ4v) is 4.73. The molecular weight excluding hydrogens is 378 g/mol. The number of carbonyl (C=O) groups excluding carboxylic acids is 2. The summed E-state index contributed by atoms with van der Waals surface area (Å²) in [5.74, 6) is -0.206. The summed E-state index contributed by atoms with van der Waals surface area (Å²) in [5.41, 5.74) is 0.564. The highest BCUT2D eigenvalue weighted by Crippen LogP contribution is 2.57. The van der Waals surface area contributed by atoms with Crippen molar-refractivity contribution in [1.29, 1.82) is 0 Å². The summed E-state index contributed by atoms with van der Waals surface area (Å²) in [7, 11) is 1.77. The van der Waals surface area contributed by atoms with E-state index >= 15 is 0 Å². The summed E-state index contributed by atoms with van der Waals surface area (Å²) in [6, 6.07) is 6.27. The van der Waals surface area contributed by atoms with Crippen molar-refractivity contribution in [2.45, 2.75) is 25.0 Å². The molecule has 2 N–H and O–H groups in total. The van der Waals surface area contributed by atoms with Crippen molar-refractivity contribution in [1.82, 2.24) is 4.90 Å². The van der Waals surface area contributed by atoms with Crippen LogP contribution in [-0.2, 0) is 16.8 Å². The van der Waals surface area contributed by atoms with Gasteiger partial charge in [0.2, 0.25) is 6.79 Å². The molecular formula is C21H19NO7. The Morgan fingerprint density at radius 2 is 2.10 bits per heavy atom. The lowest BCUT2D eigenvalue weighted by Gasteiger charge is -2.45. The highest BCUT2D eigenvalue weighted by atomic mass is 16.7. The molecule has 150 valence electrons. The van der Waals surface area contributed by atoms with Gasteiger partial charge in [-0.1, -0.05) is 0 Å². The lowest BCUT2D eigenvalue weighted by atomic mass is 9.76. The zero-order valence-corrected chi connectivity index (χ0v) is 15.9. The Balaban J connectivity index is 1.73. The number of aliphatic hydroxyl groups excluding tert-OH is 1. The molecule has 0 radical (unpaired) electrons. The molecule has 5 rings (SSSR count). The number of aromatic hydroxyl groups is 1. The van der Waals surface area contributed by atoms with Gasteiger partial charge in [-0.2, -0.15) is 0 Å². The Morgan fingerprint density at radius 3 is 2.86 bits per heavy atom. The van der Waals surface area contributed by atoms with Crippen molar-refractivity contribution in [3.8, 4) is 23.0 Å². The van der Waals surface area contributed by atoms with Gasteiger partial charge in [-0.25, -0.2) is 0 Å². The Bertz CT molecular complexity index is 1080. The fourth-order valence-electron chi connectivity index (χ4n) is 4.73. The molecule has 8 nitrogen and oxygen atoms in total. The summed E-state index contributed by atoms with van der Waals surface area (Å²) in [6.07, 6.45) is -0.652. The minimum absolute atomic E-state index is 0.0264. The number of hydrogen-bond acceptors (Lipinski definition) is 8. The van der Waals surface area contributed by atoms with Crippen LogP contribution < -0.4 is 14.2 Å². The first kappa shape index (κ1) is 18.0. The van der Waals surface area contributed by atoms with Crippen LogP contribution in [0.4, 0.5) is 0 Å². The maximum atomic E-state index is 13.7. The molecule has 8 heteroatoms. The number of phenols is 1. The van der Waals surface area contributed by atoms with Gasteiger partial charge >= 0.3 is 5.97 Å². The first-order valence-corrected chi connectivity index (χ1v) is 9.27. The zero-order chi connectivity index (χ0) is 20.5. The third-order valence-corrected chi connectivity index (χ3v) is 6.01. The van der Waals surface area contributed by atoms with E-state index < -0.39 is 17.6 Å². The number of carbonyl (C=O) groups is 2. The number of Topliss-reactive ketones (excluding diaryl/α,β-unsaturated/α-hetero) is 1. The van der Waals surface area contributed by atoms with Gasteiger partial charge in [-0.3, -0.25) is 14.5 Å². The van der Waals surface area contributed by atoms with Crippen molar-refractivity contribution in [2.75, 3.05) is 20.4 Å². The molecule has 2 atom stereocenters. The number of ether oxygens (including phenoxy) is 3. The topological polar surface area (TPSA) is 106 Å². The third kappa shape index (κ3) is 2.21. The number of fused-ring (bicyclic) bond motifs is 5. The van der Waals surface area contributed by atoms with Crippen LogP contribution in [0.3, 0.4) is 0 Å². The van der Waals surface area contributed by atoms with E-state index in [1.807, 2.05) is 0 Å². The number of hydrogen-bond donors (Lipinski definition) is 2. The lowest BCUT2D eigenvalue weighted by molar-refractivity contribution is -0.132. The Morgan fingerprint density at radius 1 is 1.31 bits per heavy atom. The van der Waals surface area contributed by atoms with Crippen LogP contribution in [0.5, 0.6) is 23.0 Å². The molecule has 1 spiro atoms. The average Bonchev–Trinajstić information content (AvgIpc) is 3.23. The maximum absolute atomic E-state index is 13.7. The highest BCUT2D eigenvalue weighted by molar-refractivity contribution is 6.10. The van der Waals surface area contributed by atoms with Crippen molar-refractivity contribution in [2.24, 2.45) is 0 Å². The van der Waals surface area contributed by atoms with Gasteiger partial charge in [-0.05, 0) is 48.9 Å². The molecule has 29 heavy (non-hydrogen) atoms. The number of benzene rings is 2. The van der Waals surface area contributed by atoms with Crippen LogP contribution in [-0.4, -0.2) is 47.3 Å². The summed E-state index contributed by atoms with van der Waals surface area (Å²) < 4.78 is 16.0. The molecule has 0 fully saturated rings. The molecule has 2 unspecified atom stereocenters. The quantitative estimate of drug-likeness (QED) is 0.553. The number of esters is 1. The maximum Gasteiger partial charge on any atom is 0.308 e. The summed E-state index contributed by atoms with van der Waals surface area (Å²) in [5, 5.41) is 21.9. The molecule has 0 aromatic heterocycles. The van der Waals surface area contributed by atoms with E-state index in [2.05, 4.69) is 0 Å². The highest BCUT2D eigenvalue weighted by Gasteiger charge is 2.60. The Hall–Kier alpha value is -3.10. The van der Waals surface area contributed by atoms with E-state index in [1.54, 1.807) is 30.1 Å². The average molecular weight is 397 g/mol. The van der Waals surface area contributed by atoms with Gasteiger partial charge in [0.25, 0.3) is 0 Å². The molecule has 0 saturated heterocycles. The first-order valence-electron chi connectivity index (χ1n) is 9.27. The molecule has 2 aromatic carbocycles. The third-order valence-electron chi connectivity index (χ3n) is 6.01. The molecule has 2 heterocycles. The van der Waals surface area contributed by atoms with Crippen LogP contribution in [0, 0.1) is 0 Å². The summed E-state index contributed by atoms with van der Waals surface area (Å²) in [6.45, 7) is 1.77. The van der Waals surface area contributed by atoms with Crippen molar-refractivity contribution >= 4 is 11.8 Å². The van der Waals surface area contributed by atoms with Crippen LogP contribution in [0.25, 0.3) is 0 Å². The monoisotopic (exact) mass is 397 g/mol. The molecule has 0 amide bonds. The SMILES string of the molecule is CC(=O)Oc1cc2c(cc1O)C1(C(=O)c3ccc4c(c3C1O)OCO4)N(C)CC2. The second-order valence-corrected chi connectivity index (χ2v) is 7.50. The number of ketones is 1. The van der Waals surface area contributed by atoms with Gasteiger partial charge in [0, 0.05) is 24.6 Å². The number of aliphatic hydroxyl groups is 1. The molecule has 0 bridgehead atoms. The molecule has 2 aromatic rings. The van der Waals surface area contributed by atoms with Gasteiger partial charge < -0.3 is 24.4 Å². The lowest BCUT2D eigenvalue weighted by Crippen LogP contribution is -2.54. The van der Waals surface area contributed by atoms with Crippen molar-refractivity contribution < 1.29 is 34.0 Å². The molecule has 0 saturated carbocycles. The largest absolute Gasteiger partial charge is 0.504 e. The normalized spacial score (nSPS) is 24.5. The number of rotatable bonds is 1. The van der Waals surface area contributed by atoms with Crippen LogP contribution in [0.15, 0.2) is 24.3 Å². The predicted octanol–water partition coefficient (Wildman–Crippen LogP) is 1.66. The number of nitrogens with zero attached hydrogens (tertiary/aromatic N) is 1. The molecule has 2 aliphatic heterocycles. The van der Waals surface area contributed by atoms with Gasteiger partial charge in [-0.15, -0.1) is 0 Å². The number of phenolic OH excluding ortho intramolecular Hbond substituents is 1. The van der Waals surface area contributed by atoms with Crippen LogP contribution in [0.1, 0.15) is 40.1 Å². The summed E-state index contributed by atoms with van der Waals surface area (Å²) in [4.78, 5) is 26.8. The van der Waals surface area contributed by atoms with Gasteiger partial charge in [0.1, 0.15) is 11.6 Å². The first-order chi connectivity index (χ1) is 13.9. The van der Waals surface area contributed by atoms with E-state index in [0.29, 0.717) is 41.2 Å². The molecule has 3 aliphatic rings. The standard InChI is InChI=1S/C21H19NO7/c1-10(23)29-16-7-11-5-6-22(2)21(13(11)8-14(16)24)19(25)12-3-4-15-18(28-9-27-15)17(12)20(21)26/h3-4,7-8,20,24,26H,5-6,9H2,1-2H3. The van der Waals surface area contributed by atoms with E-state index in [4.69, 9.17) is 14.2 Å². The van der Waals surface area contributed by atoms with Gasteiger partial charge in [0.05, 0.1) is 0 Å². The van der Waals surface area contributed by atoms with E-state index in [9.17, 15) is 19.8 Å². The van der Waals surface area contributed by atoms with Crippen molar-refractivity contribution in [3.63, 3.8) is 0 Å². The smallest absolute Gasteiger partial charge is 0.308 e. The molecule has 1 aliphatic carbocycles. The van der Waals surface area contributed by atoms with Crippen LogP contribution >= 0.6 is 0 Å². The minimum Gasteiger partial charge on any atom is -0.504 e. The fraction of sp³-hybridized carbons (Fsp3) is 0.333. The van der Waals surface area contributed by atoms with Crippen molar-refractivity contribution in [3.05, 3.63) is 46.5 Å². The van der Waals surface area contributed by atoms with E-state index in [-0.39, 0.29) is 24.1 Å². The van der Waals surface area contributed by atoms with E-state index in [0.717, 1.165) is 5.56 Å². The zero-order valence-electron chi connectivity index (χ0n) is 15.9. The van der Waals surface area contributed by atoms with Crippen LogP contribution in [0.2, 0.25) is 0 Å². The minimum atomic E-state index is -1.41. The Labute approximate surface area is 166 Å². The summed E-state index contributed by atoms with van der Waals surface area (Å²) >= 11 is 0. The number of likely N-dealkylation sites (N-methyl/N-ethyl adjacent to an activating group) is 1. The van der Waals surface area contributed by atoms with E-state index in [1.165, 1.54) is 13.0 Å². The van der Waals surface area contributed by atoms with Gasteiger partial charge in [0.15, 0.2) is 28.8 Å². The Kier molecular flexibility index (Phi) is 3.68. The second-order valence-electron chi connectivity index (χ2n) is 7.50.